The van der Waals surface area contributed by atoms with Crippen LogP contribution in [0.3, 0.4) is 0 Å². The number of nitrogens with one attached hydrogen (secondary N) is 3. The molecule has 1 aromatic carbocycles. The van der Waals surface area contributed by atoms with Gasteiger partial charge in [-0.3, -0.25) is 25.5 Å². The Morgan fingerprint density at radius 1 is 1.11 bits per heavy atom. The van der Waals surface area contributed by atoms with Gasteiger partial charge in [0.15, 0.2) is 17.2 Å². The Hall–Kier alpha value is -2.55. The number of nitrogens with zero attached hydrogens (tertiary/aromatic N) is 1. The average molecular weight is 439 g/mol. The molecule has 0 saturated carbocycles. The number of hydrazine groups is 1. The van der Waals surface area contributed by atoms with Crippen molar-refractivity contribution < 1.29 is 19.1 Å². The van der Waals surface area contributed by atoms with Gasteiger partial charge in [0.1, 0.15) is 0 Å². The standard InChI is InChI=1S/C18H23BrN4O4/c1-9(2)15-14(19)16(21-20-15)18(25)23-22-17(24)11-6-7-12(27-10(3)4)13(8-11)26-5/h6-10H,1-5H3,(H,20,21)(H,22,24)(H,23,25). The molecule has 0 aliphatic heterocycles. The first-order valence-electron chi connectivity index (χ1n) is 8.43. The molecule has 0 fully saturated rings. The van der Waals surface area contributed by atoms with Gasteiger partial charge >= 0.3 is 0 Å². The van der Waals surface area contributed by atoms with Crippen LogP contribution in [0.25, 0.3) is 0 Å². The van der Waals surface area contributed by atoms with E-state index in [1.165, 1.54) is 7.11 Å². The number of ether oxygens (including phenoxy) is 2. The van der Waals surface area contributed by atoms with Crippen LogP contribution in [0, 0.1) is 0 Å². The van der Waals surface area contributed by atoms with Gasteiger partial charge in [-0.15, -0.1) is 0 Å². The maximum atomic E-state index is 12.3. The lowest BCUT2D eigenvalue weighted by atomic mass is 10.1. The van der Waals surface area contributed by atoms with Crippen molar-refractivity contribution in [1.82, 2.24) is 21.0 Å². The fraction of sp³-hybridized carbons (Fsp3) is 0.389. The summed E-state index contributed by atoms with van der Waals surface area (Å²) in [5, 5.41) is 6.79. The Kier molecular flexibility index (Phi) is 6.84. The SMILES string of the molecule is COc1cc(C(=O)NNC(=O)c2n[nH]c(C(C)C)c2Br)ccc1OC(C)C. The molecular formula is C18H23BrN4O4. The lowest BCUT2D eigenvalue weighted by molar-refractivity contribution is 0.0843. The zero-order valence-corrected chi connectivity index (χ0v) is 17.4. The highest BCUT2D eigenvalue weighted by atomic mass is 79.9. The zero-order chi connectivity index (χ0) is 20.1. The summed E-state index contributed by atoms with van der Waals surface area (Å²) in [6, 6.07) is 4.78. The first-order chi connectivity index (χ1) is 12.7. The minimum absolute atomic E-state index is 0.0270. The highest BCUT2D eigenvalue weighted by Crippen LogP contribution is 2.29. The molecule has 0 spiro atoms. The molecule has 0 atom stereocenters. The normalized spacial score (nSPS) is 10.8. The Morgan fingerprint density at radius 2 is 1.78 bits per heavy atom. The van der Waals surface area contributed by atoms with Gasteiger partial charge in [-0.2, -0.15) is 5.10 Å². The summed E-state index contributed by atoms with van der Waals surface area (Å²) in [7, 11) is 1.49. The minimum Gasteiger partial charge on any atom is -0.493 e. The predicted octanol–water partition coefficient (Wildman–Crippen LogP) is 3.17. The van der Waals surface area contributed by atoms with Crippen molar-refractivity contribution in [3.05, 3.63) is 39.6 Å². The van der Waals surface area contributed by atoms with Crippen LogP contribution in [0.15, 0.2) is 22.7 Å². The van der Waals surface area contributed by atoms with E-state index in [0.717, 1.165) is 5.69 Å². The Morgan fingerprint density at radius 3 is 2.33 bits per heavy atom. The molecule has 0 aliphatic rings. The van der Waals surface area contributed by atoms with Crippen LogP contribution in [-0.4, -0.2) is 35.2 Å². The maximum absolute atomic E-state index is 12.3. The van der Waals surface area contributed by atoms with Crippen LogP contribution >= 0.6 is 15.9 Å². The molecule has 1 heterocycles. The number of carbonyl (C=O) groups excluding carboxylic acids is 2. The summed E-state index contributed by atoms with van der Waals surface area (Å²) in [4.78, 5) is 24.6. The molecule has 0 unspecified atom stereocenters. The van der Waals surface area contributed by atoms with Crippen molar-refractivity contribution >= 4 is 27.7 Å². The second-order valence-corrected chi connectivity index (χ2v) is 7.19. The molecule has 8 nitrogen and oxygen atoms in total. The Labute approximate surface area is 166 Å². The zero-order valence-electron chi connectivity index (χ0n) is 15.8. The number of rotatable bonds is 6. The summed E-state index contributed by atoms with van der Waals surface area (Å²) in [5.41, 5.74) is 6.00. The molecule has 9 heteroatoms. The molecule has 0 saturated heterocycles. The second-order valence-electron chi connectivity index (χ2n) is 6.40. The van der Waals surface area contributed by atoms with Crippen LogP contribution in [0.5, 0.6) is 11.5 Å². The van der Waals surface area contributed by atoms with Crippen molar-refractivity contribution in [3.63, 3.8) is 0 Å². The number of aromatic nitrogens is 2. The maximum Gasteiger partial charge on any atom is 0.291 e. The number of methoxy groups -OCH3 is 1. The van der Waals surface area contributed by atoms with Crippen molar-refractivity contribution in [2.75, 3.05) is 7.11 Å². The van der Waals surface area contributed by atoms with Crippen molar-refractivity contribution in [2.24, 2.45) is 0 Å². The Bertz CT molecular complexity index is 833. The molecule has 2 amide bonds. The third kappa shape index (κ3) is 5.00. The molecule has 27 heavy (non-hydrogen) atoms. The lowest BCUT2D eigenvalue weighted by Crippen LogP contribution is -2.41. The number of carbonyl (C=O) groups is 2. The van der Waals surface area contributed by atoms with Crippen LogP contribution < -0.4 is 20.3 Å². The quantitative estimate of drug-likeness (QED) is 0.600. The van der Waals surface area contributed by atoms with Gasteiger partial charge in [0.05, 0.1) is 23.4 Å². The van der Waals surface area contributed by atoms with E-state index in [9.17, 15) is 9.59 Å². The van der Waals surface area contributed by atoms with E-state index in [0.29, 0.717) is 21.5 Å². The third-order valence-corrected chi connectivity index (χ3v) is 4.41. The van der Waals surface area contributed by atoms with Crippen molar-refractivity contribution in [2.45, 2.75) is 39.7 Å². The minimum atomic E-state index is -0.537. The summed E-state index contributed by atoms with van der Waals surface area (Å²) in [6.45, 7) is 7.74. The third-order valence-electron chi connectivity index (χ3n) is 3.60. The van der Waals surface area contributed by atoms with Gasteiger partial charge in [-0.1, -0.05) is 13.8 Å². The number of hydrogen-bond donors (Lipinski definition) is 3. The number of amides is 2. The Balaban J connectivity index is 2.06. The number of halogens is 1. The first kappa shape index (κ1) is 20.8. The fourth-order valence-electron chi connectivity index (χ4n) is 2.28. The van der Waals surface area contributed by atoms with Gasteiger partial charge in [-0.05, 0) is 53.9 Å². The summed E-state index contributed by atoms with van der Waals surface area (Å²) in [6.07, 6.45) is -0.0270. The average Bonchev–Trinajstić information content (AvgIpc) is 3.01. The highest BCUT2D eigenvalue weighted by molar-refractivity contribution is 9.10. The molecule has 3 N–H and O–H groups in total. The van der Waals surface area contributed by atoms with E-state index in [1.807, 2.05) is 27.7 Å². The van der Waals surface area contributed by atoms with Crippen molar-refractivity contribution in [3.8, 4) is 11.5 Å². The molecular weight excluding hydrogens is 416 g/mol. The molecule has 2 rings (SSSR count). The molecule has 0 bridgehead atoms. The van der Waals surface area contributed by atoms with Gasteiger partial charge in [0.25, 0.3) is 11.8 Å². The summed E-state index contributed by atoms with van der Waals surface area (Å²) >= 11 is 3.35. The molecule has 2 aromatic rings. The molecule has 0 radical (unpaired) electrons. The fourth-order valence-corrected chi connectivity index (χ4v) is 3.10. The number of hydrogen-bond acceptors (Lipinski definition) is 5. The van der Waals surface area contributed by atoms with Gasteiger partial charge in [0.2, 0.25) is 0 Å². The number of H-pyrrole nitrogens is 1. The van der Waals surface area contributed by atoms with Crippen LogP contribution in [0.1, 0.15) is 60.2 Å². The number of benzene rings is 1. The van der Waals surface area contributed by atoms with Crippen molar-refractivity contribution in [1.29, 1.82) is 0 Å². The van der Waals surface area contributed by atoms with Crippen LogP contribution in [0.2, 0.25) is 0 Å². The summed E-state index contributed by atoms with van der Waals surface area (Å²) < 4.78 is 11.4. The first-order valence-corrected chi connectivity index (χ1v) is 9.23. The van der Waals surface area contributed by atoms with E-state index in [-0.39, 0.29) is 17.7 Å². The largest absolute Gasteiger partial charge is 0.493 e. The van der Waals surface area contributed by atoms with Crippen LogP contribution in [-0.2, 0) is 0 Å². The van der Waals surface area contributed by atoms with E-state index < -0.39 is 11.8 Å². The van der Waals surface area contributed by atoms with Gasteiger partial charge < -0.3 is 9.47 Å². The van der Waals surface area contributed by atoms with E-state index in [4.69, 9.17) is 9.47 Å². The molecule has 0 aliphatic carbocycles. The second kappa shape index (κ2) is 8.90. The lowest BCUT2D eigenvalue weighted by Gasteiger charge is -2.14. The monoisotopic (exact) mass is 438 g/mol. The van der Waals surface area contributed by atoms with Gasteiger partial charge in [-0.25, -0.2) is 0 Å². The smallest absolute Gasteiger partial charge is 0.291 e. The highest BCUT2D eigenvalue weighted by Gasteiger charge is 2.20. The van der Waals surface area contributed by atoms with E-state index >= 15 is 0 Å². The van der Waals surface area contributed by atoms with E-state index in [1.54, 1.807) is 18.2 Å². The molecule has 1 aromatic heterocycles. The number of aromatic amines is 1. The predicted molar refractivity (Wildman–Crippen MR) is 104 cm³/mol. The van der Waals surface area contributed by atoms with Crippen LogP contribution in [0.4, 0.5) is 0 Å². The van der Waals surface area contributed by atoms with E-state index in [2.05, 4.69) is 37.0 Å². The topological polar surface area (TPSA) is 105 Å². The summed E-state index contributed by atoms with van der Waals surface area (Å²) in [5.74, 6) is 0.106. The molecule has 146 valence electrons. The van der Waals surface area contributed by atoms with Gasteiger partial charge in [0, 0.05) is 5.56 Å².